The first-order valence-electron chi connectivity index (χ1n) is 15.8. The number of nitrogens with one attached hydrogen (secondary N) is 1. The van der Waals surface area contributed by atoms with Crippen molar-refractivity contribution in [3.05, 3.63) is 23.3 Å². The Morgan fingerprint density at radius 3 is 2.39 bits per heavy atom. The summed E-state index contributed by atoms with van der Waals surface area (Å²) in [6.45, 7) is 15.4. The minimum absolute atomic E-state index is 0.0153. The Hall–Kier alpha value is -2.46. The van der Waals surface area contributed by atoms with Crippen molar-refractivity contribution in [2.75, 3.05) is 26.3 Å². The molecule has 3 saturated carbocycles. The van der Waals surface area contributed by atoms with Gasteiger partial charge in [-0.05, 0) is 79.6 Å². The molecule has 7 unspecified atom stereocenters. The molecule has 6 rings (SSSR count). The molecule has 0 spiro atoms. The van der Waals surface area contributed by atoms with Crippen LogP contribution in [0.2, 0.25) is 0 Å². The van der Waals surface area contributed by atoms with Crippen LogP contribution in [0.25, 0.3) is 0 Å². The Bertz CT molecular complexity index is 1280. The van der Waals surface area contributed by atoms with Gasteiger partial charge in [-0.1, -0.05) is 53.2 Å². The summed E-state index contributed by atoms with van der Waals surface area (Å²) in [6.07, 6.45) is 10.3. The number of ketones is 2. The maximum Gasteiger partial charge on any atom is 0.317 e. The van der Waals surface area contributed by atoms with E-state index in [0.717, 1.165) is 50.5 Å². The Morgan fingerprint density at radius 1 is 1.00 bits per heavy atom. The van der Waals surface area contributed by atoms with E-state index >= 15 is 0 Å². The van der Waals surface area contributed by atoms with E-state index in [4.69, 9.17) is 4.74 Å². The number of morpholine rings is 1. The smallest absolute Gasteiger partial charge is 0.317 e. The number of carbonyl (C=O) groups is 3. The molecule has 1 saturated heterocycles. The summed E-state index contributed by atoms with van der Waals surface area (Å²) in [6, 6.07) is 2.17. The SMILES string of the molecule is CC1(C)CCC2(NC(=O)N3CCOCC3)CCC3C(C(=O)C=C4C5(C)C=C(C#N)C(=O)C(C)(C)C5CCC43C)C2C1. The van der Waals surface area contributed by atoms with E-state index in [1.165, 1.54) is 0 Å². The largest absolute Gasteiger partial charge is 0.378 e. The number of carbonyl (C=O) groups excluding carboxylic acids is 3. The van der Waals surface area contributed by atoms with Crippen LogP contribution in [0.15, 0.2) is 23.3 Å². The minimum Gasteiger partial charge on any atom is -0.378 e. The molecule has 0 aromatic heterocycles. The van der Waals surface area contributed by atoms with Crippen LogP contribution in [-0.4, -0.2) is 54.3 Å². The molecular formula is C34H47N3O4. The fourth-order valence-corrected chi connectivity index (χ4v) is 10.5. The number of Topliss-reactive ketones (excluding diaryl/α,β-unsaturated/α-hetero) is 1. The topological polar surface area (TPSA) is 99.5 Å². The number of urea groups is 1. The zero-order chi connectivity index (χ0) is 29.6. The Kier molecular flexibility index (Phi) is 6.48. The molecule has 222 valence electrons. The van der Waals surface area contributed by atoms with Crippen LogP contribution in [0, 0.1) is 56.7 Å². The van der Waals surface area contributed by atoms with Crippen molar-refractivity contribution in [3.8, 4) is 6.07 Å². The molecular weight excluding hydrogens is 514 g/mol. The van der Waals surface area contributed by atoms with E-state index in [0.29, 0.717) is 26.3 Å². The number of allylic oxidation sites excluding steroid dienone is 4. The molecule has 1 aliphatic heterocycles. The van der Waals surface area contributed by atoms with E-state index in [1.807, 2.05) is 30.9 Å². The number of hydrogen-bond acceptors (Lipinski definition) is 5. The summed E-state index contributed by atoms with van der Waals surface area (Å²) in [5.41, 5.74) is -0.281. The van der Waals surface area contributed by atoms with Gasteiger partial charge < -0.3 is 15.0 Å². The van der Waals surface area contributed by atoms with E-state index in [2.05, 4.69) is 39.1 Å². The van der Waals surface area contributed by atoms with Gasteiger partial charge in [-0.2, -0.15) is 5.26 Å². The molecule has 1 heterocycles. The number of amides is 2. The van der Waals surface area contributed by atoms with Crippen LogP contribution in [0.3, 0.4) is 0 Å². The second-order valence-electron chi connectivity index (χ2n) is 15.8. The van der Waals surface area contributed by atoms with Crippen LogP contribution in [0.4, 0.5) is 4.79 Å². The summed E-state index contributed by atoms with van der Waals surface area (Å²) in [5, 5.41) is 13.4. The standard InChI is InChI=1S/C34H47N3O4/c1-30(2)11-12-34(36-29(40)37-13-15-41-16-14-37)10-7-22-27(23(34)19-30)24(38)17-26-32(22,5)9-8-25-31(3,4)28(39)21(20-35)18-33(25,26)6/h17-18,22-23,25,27H,7-16,19H2,1-6H3,(H,36,40). The Balaban J connectivity index is 1.41. The second kappa shape index (κ2) is 9.27. The van der Waals surface area contributed by atoms with Crippen LogP contribution in [0.5, 0.6) is 0 Å². The van der Waals surface area contributed by atoms with Gasteiger partial charge in [-0.15, -0.1) is 0 Å². The van der Waals surface area contributed by atoms with Gasteiger partial charge in [-0.3, -0.25) is 9.59 Å². The van der Waals surface area contributed by atoms with Crippen molar-refractivity contribution in [1.29, 1.82) is 5.26 Å². The molecule has 1 N–H and O–H groups in total. The van der Waals surface area contributed by atoms with E-state index in [9.17, 15) is 19.6 Å². The highest BCUT2D eigenvalue weighted by molar-refractivity contribution is 6.04. The molecule has 7 nitrogen and oxygen atoms in total. The van der Waals surface area contributed by atoms with Gasteiger partial charge in [0.05, 0.1) is 18.8 Å². The average molecular weight is 562 g/mol. The zero-order valence-corrected chi connectivity index (χ0v) is 25.8. The molecule has 0 aromatic carbocycles. The highest BCUT2D eigenvalue weighted by Gasteiger charge is 2.66. The van der Waals surface area contributed by atoms with Crippen molar-refractivity contribution in [3.63, 3.8) is 0 Å². The first-order chi connectivity index (χ1) is 19.2. The molecule has 5 aliphatic carbocycles. The molecule has 6 aliphatic rings. The van der Waals surface area contributed by atoms with E-state index in [1.54, 1.807) is 0 Å². The molecule has 0 bridgehead atoms. The number of hydrogen-bond donors (Lipinski definition) is 1. The van der Waals surface area contributed by atoms with Gasteiger partial charge >= 0.3 is 6.03 Å². The van der Waals surface area contributed by atoms with Gasteiger partial charge in [0.2, 0.25) is 0 Å². The summed E-state index contributed by atoms with van der Waals surface area (Å²) in [4.78, 5) is 43.1. The molecule has 41 heavy (non-hydrogen) atoms. The Labute approximate surface area is 245 Å². The molecule has 4 fully saturated rings. The maximum absolute atomic E-state index is 14.4. The number of nitriles is 1. The first-order valence-corrected chi connectivity index (χ1v) is 15.8. The third kappa shape index (κ3) is 4.10. The third-order valence-corrected chi connectivity index (χ3v) is 12.7. The summed E-state index contributed by atoms with van der Waals surface area (Å²) >= 11 is 0. The van der Waals surface area contributed by atoms with Gasteiger partial charge in [-0.25, -0.2) is 4.79 Å². The summed E-state index contributed by atoms with van der Waals surface area (Å²) < 4.78 is 5.48. The first kappa shape index (κ1) is 28.6. The maximum atomic E-state index is 14.4. The molecule has 0 aromatic rings. The number of rotatable bonds is 1. The average Bonchev–Trinajstić information content (AvgIpc) is 2.92. The van der Waals surface area contributed by atoms with Crippen LogP contribution < -0.4 is 5.32 Å². The van der Waals surface area contributed by atoms with Gasteiger partial charge in [0, 0.05) is 35.4 Å². The minimum atomic E-state index is -0.657. The lowest BCUT2D eigenvalue weighted by atomic mass is 9.39. The lowest BCUT2D eigenvalue weighted by Gasteiger charge is -2.65. The highest BCUT2D eigenvalue weighted by Crippen LogP contribution is 2.69. The summed E-state index contributed by atoms with van der Waals surface area (Å²) in [7, 11) is 0. The molecule has 0 radical (unpaired) electrons. The molecule has 2 amide bonds. The molecule has 7 atom stereocenters. The number of ether oxygens (including phenoxy) is 1. The van der Waals surface area contributed by atoms with E-state index < -0.39 is 10.8 Å². The van der Waals surface area contributed by atoms with Crippen LogP contribution in [-0.2, 0) is 14.3 Å². The van der Waals surface area contributed by atoms with Crippen molar-refractivity contribution >= 4 is 17.6 Å². The van der Waals surface area contributed by atoms with Crippen molar-refractivity contribution in [2.24, 2.45) is 45.3 Å². The summed E-state index contributed by atoms with van der Waals surface area (Å²) in [5.74, 6) is 0.275. The van der Waals surface area contributed by atoms with Crippen molar-refractivity contribution in [2.45, 2.75) is 92.0 Å². The van der Waals surface area contributed by atoms with Crippen molar-refractivity contribution < 1.29 is 19.1 Å². The number of fused-ring (bicyclic) bond motifs is 7. The van der Waals surface area contributed by atoms with Crippen LogP contribution >= 0.6 is 0 Å². The third-order valence-electron chi connectivity index (χ3n) is 12.7. The van der Waals surface area contributed by atoms with Gasteiger partial charge in [0.25, 0.3) is 0 Å². The highest BCUT2D eigenvalue weighted by atomic mass is 16.5. The quantitative estimate of drug-likeness (QED) is 0.449. The molecule has 7 heteroatoms. The normalized spacial score (nSPS) is 42.8. The monoisotopic (exact) mass is 561 g/mol. The number of nitrogens with zero attached hydrogens (tertiary/aromatic N) is 2. The predicted octanol–water partition coefficient (Wildman–Crippen LogP) is 5.61. The fourth-order valence-electron chi connectivity index (χ4n) is 10.5. The Morgan fingerprint density at radius 2 is 1.71 bits per heavy atom. The van der Waals surface area contributed by atoms with Crippen LogP contribution in [0.1, 0.15) is 86.5 Å². The lowest BCUT2D eigenvalue weighted by molar-refractivity contribution is -0.141. The van der Waals surface area contributed by atoms with E-state index in [-0.39, 0.29) is 63.2 Å². The van der Waals surface area contributed by atoms with Gasteiger partial charge in [0.15, 0.2) is 11.6 Å². The van der Waals surface area contributed by atoms with Crippen molar-refractivity contribution in [1.82, 2.24) is 10.2 Å². The lowest BCUT2D eigenvalue weighted by Crippen LogP contribution is -2.68. The zero-order valence-electron chi connectivity index (χ0n) is 25.8. The van der Waals surface area contributed by atoms with Gasteiger partial charge in [0.1, 0.15) is 6.07 Å². The predicted molar refractivity (Wildman–Crippen MR) is 156 cm³/mol. The second-order valence-corrected chi connectivity index (χ2v) is 15.8. The fraction of sp³-hybridized carbons (Fsp3) is 0.765.